The highest BCUT2D eigenvalue weighted by Crippen LogP contribution is 2.24. The van der Waals surface area contributed by atoms with Gasteiger partial charge in [-0.1, -0.05) is 28.1 Å². The minimum atomic E-state index is -0.108. The van der Waals surface area contributed by atoms with Crippen LogP contribution in [0.2, 0.25) is 0 Å². The minimum Gasteiger partial charge on any atom is -0.348 e. The summed E-state index contributed by atoms with van der Waals surface area (Å²) in [5.74, 6) is 0.0328. The van der Waals surface area contributed by atoms with E-state index in [-0.39, 0.29) is 18.0 Å². The number of carbonyl (C=O) groups is 1. The fourth-order valence-corrected chi connectivity index (χ4v) is 1.94. The van der Waals surface area contributed by atoms with E-state index in [0.29, 0.717) is 6.42 Å². The summed E-state index contributed by atoms with van der Waals surface area (Å²) in [7, 11) is 0. The number of amides is 1. The Morgan fingerprint density at radius 3 is 2.50 bits per heavy atom. The van der Waals surface area contributed by atoms with Crippen LogP contribution < -0.4 is 11.1 Å². The molecule has 4 heteroatoms. The number of halogens is 1. The highest BCUT2D eigenvalue weighted by Gasteiger charge is 2.30. The third kappa shape index (κ3) is 1.81. The van der Waals surface area contributed by atoms with Crippen LogP contribution in [-0.4, -0.2) is 11.9 Å². The average molecular weight is 255 g/mol. The lowest BCUT2D eigenvalue weighted by atomic mass is 10.0. The third-order valence-electron chi connectivity index (χ3n) is 2.39. The van der Waals surface area contributed by atoms with Crippen LogP contribution in [0.25, 0.3) is 0 Å². The first-order valence-electron chi connectivity index (χ1n) is 4.47. The van der Waals surface area contributed by atoms with Crippen molar-refractivity contribution in [3.63, 3.8) is 0 Å². The van der Waals surface area contributed by atoms with E-state index in [1.54, 1.807) is 0 Å². The zero-order valence-electron chi connectivity index (χ0n) is 7.53. The first kappa shape index (κ1) is 9.68. The summed E-state index contributed by atoms with van der Waals surface area (Å²) < 4.78 is 1.03. The van der Waals surface area contributed by atoms with E-state index in [4.69, 9.17) is 5.73 Å². The monoisotopic (exact) mass is 254 g/mol. The molecule has 1 amide bonds. The molecule has 0 spiro atoms. The number of rotatable bonds is 1. The fourth-order valence-electron chi connectivity index (χ4n) is 1.67. The lowest BCUT2D eigenvalue weighted by molar-refractivity contribution is -0.119. The molecule has 2 atom stereocenters. The second kappa shape index (κ2) is 3.71. The molecule has 1 aliphatic heterocycles. The Balaban J connectivity index is 2.23. The van der Waals surface area contributed by atoms with Crippen LogP contribution in [0.4, 0.5) is 0 Å². The lowest BCUT2D eigenvalue weighted by Gasteiger charge is -2.15. The highest BCUT2D eigenvalue weighted by molar-refractivity contribution is 9.10. The topological polar surface area (TPSA) is 55.1 Å². The molecule has 1 aromatic carbocycles. The van der Waals surface area contributed by atoms with Gasteiger partial charge in [-0.15, -0.1) is 0 Å². The Hall–Kier alpha value is -0.870. The van der Waals surface area contributed by atoms with Gasteiger partial charge in [0.2, 0.25) is 5.91 Å². The minimum absolute atomic E-state index is 0.0319. The van der Waals surface area contributed by atoms with Gasteiger partial charge in [0.25, 0.3) is 0 Å². The smallest absolute Gasteiger partial charge is 0.222 e. The van der Waals surface area contributed by atoms with Gasteiger partial charge in [0.05, 0.1) is 6.04 Å². The van der Waals surface area contributed by atoms with E-state index in [9.17, 15) is 4.79 Å². The van der Waals surface area contributed by atoms with Gasteiger partial charge in [-0.3, -0.25) is 4.79 Å². The summed E-state index contributed by atoms with van der Waals surface area (Å²) >= 11 is 3.36. The van der Waals surface area contributed by atoms with E-state index in [1.807, 2.05) is 24.3 Å². The summed E-state index contributed by atoms with van der Waals surface area (Å²) in [6, 6.07) is 7.71. The van der Waals surface area contributed by atoms with Crippen molar-refractivity contribution in [3.05, 3.63) is 34.3 Å². The van der Waals surface area contributed by atoms with Gasteiger partial charge in [0.15, 0.2) is 0 Å². The number of hydrogen-bond acceptors (Lipinski definition) is 2. The zero-order valence-corrected chi connectivity index (χ0v) is 9.12. The maximum Gasteiger partial charge on any atom is 0.222 e. The average Bonchev–Trinajstić information content (AvgIpc) is 2.47. The second-order valence-electron chi connectivity index (χ2n) is 3.46. The van der Waals surface area contributed by atoms with Crippen molar-refractivity contribution in [1.29, 1.82) is 0 Å². The molecule has 1 aliphatic rings. The van der Waals surface area contributed by atoms with Crippen molar-refractivity contribution in [2.24, 2.45) is 5.73 Å². The molecule has 2 rings (SSSR count). The van der Waals surface area contributed by atoms with Gasteiger partial charge < -0.3 is 11.1 Å². The molecule has 1 heterocycles. The molecule has 0 saturated carbocycles. The predicted molar refractivity (Wildman–Crippen MR) is 57.6 cm³/mol. The van der Waals surface area contributed by atoms with E-state index in [1.165, 1.54) is 0 Å². The molecule has 1 fully saturated rings. The number of carbonyl (C=O) groups excluding carboxylic acids is 1. The first-order chi connectivity index (χ1) is 6.66. The van der Waals surface area contributed by atoms with Crippen molar-refractivity contribution in [1.82, 2.24) is 5.32 Å². The molecule has 0 bridgehead atoms. The number of nitrogens with one attached hydrogen (secondary N) is 1. The maximum atomic E-state index is 11.1. The van der Waals surface area contributed by atoms with Crippen LogP contribution in [0.5, 0.6) is 0 Å². The van der Waals surface area contributed by atoms with Gasteiger partial charge in [0.1, 0.15) is 0 Å². The van der Waals surface area contributed by atoms with Crippen LogP contribution in [0.3, 0.4) is 0 Å². The molecule has 0 aliphatic carbocycles. The summed E-state index contributed by atoms with van der Waals surface area (Å²) in [6.45, 7) is 0. The van der Waals surface area contributed by atoms with E-state index in [0.717, 1.165) is 10.0 Å². The van der Waals surface area contributed by atoms with Crippen molar-refractivity contribution in [2.75, 3.05) is 0 Å². The van der Waals surface area contributed by atoms with Crippen LogP contribution in [-0.2, 0) is 4.79 Å². The Morgan fingerprint density at radius 2 is 2.00 bits per heavy atom. The van der Waals surface area contributed by atoms with Crippen LogP contribution in [0.1, 0.15) is 18.0 Å². The number of nitrogens with two attached hydrogens (primary N) is 1. The van der Waals surface area contributed by atoms with Crippen molar-refractivity contribution in [2.45, 2.75) is 18.5 Å². The quantitative estimate of drug-likeness (QED) is 0.795. The molecule has 0 radical (unpaired) electrons. The van der Waals surface area contributed by atoms with Crippen molar-refractivity contribution >= 4 is 21.8 Å². The molecule has 74 valence electrons. The summed E-state index contributed by atoms with van der Waals surface area (Å²) in [6.07, 6.45) is 0.417. The summed E-state index contributed by atoms with van der Waals surface area (Å²) in [5, 5.41) is 2.86. The Labute approximate surface area is 90.8 Å². The third-order valence-corrected chi connectivity index (χ3v) is 2.92. The zero-order chi connectivity index (χ0) is 10.1. The normalized spacial score (nSPS) is 26.3. The van der Waals surface area contributed by atoms with Crippen molar-refractivity contribution < 1.29 is 4.79 Å². The summed E-state index contributed by atoms with van der Waals surface area (Å²) in [5.41, 5.74) is 6.91. The number of benzene rings is 1. The molecular formula is C10H11BrN2O. The summed E-state index contributed by atoms with van der Waals surface area (Å²) in [4.78, 5) is 11.1. The Morgan fingerprint density at radius 1 is 1.36 bits per heavy atom. The largest absolute Gasteiger partial charge is 0.348 e. The molecule has 0 aromatic heterocycles. The Bertz CT molecular complexity index is 350. The van der Waals surface area contributed by atoms with Crippen LogP contribution >= 0.6 is 15.9 Å². The fraction of sp³-hybridized carbons (Fsp3) is 0.300. The van der Waals surface area contributed by atoms with Crippen molar-refractivity contribution in [3.8, 4) is 0 Å². The molecule has 1 saturated heterocycles. The lowest BCUT2D eigenvalue weighted by Crippen LogP contribution is -2.28. The standard InChI is InChI=1S/C10H11BrN2O/c11-7-3-1-6(2-4-7)10-8(12)5-9(14)13-10/h1-4,8,10H,5,12H2,(H,13,14)/t8-,10+/m1/s1. The SMILES string of the molecule is N[C@@H]1CC(=O)N[C@H]1c1ccc(Br)cc1. The van der Waals surface area contributed by atoms with Gasteiger partial charge in [-0.05, 0) is 17.7 Å². The van der Waals surface area contributed by atoms with Gasteiger partial charge in [0, 0.05) is 16.9 Å². The molecule has 3 N–H and O–H groups in total. The van der Waals surface area contributed by atoms with E-state index in [2.05, 4.69) is 21.2 Å². The predicted octanol–water partition coefficient (Wildman–Crippen LogP) is 1.34. The molecule has 14 heavy (non-hydrogen) atoms. The van der Waals surface area contributed by atoms with Gasteiger partial charge >= 0.3 is 0 Å². The first-order valence-corrected chi connectivity index (χ1v) is 5.26. The molecule has 3 nitrogen and oxygen atoms in total. The second-order valence-corrected chi connectivity index (χ2v) is 4.38. The Kier molecular flexibility index (Phi) is 2.56. The van der Waals surface area contributed by atoms with E-state index >= 15 is 0 Å². The highest BCUT2D eigenvalue weighted by atomic mass is 79.9. The van der Waals surface area contributed by atoms with E-state index < -0.39 is 0 Å². The molecule has 0 unspecified atom stereocenters. The van der Waals surface area contributed by atoms with Crippen LogP contribution in [0, 0.1) is 0 Å². The maximum absolute atomic E-state index is 11.1. The molecular weight excluding hydrogens is 244 g/mol. The number of hydrogen-bond donors (Lipinski definition) is 2. The molecule has 1 aromatic rings. The van der Waals surface area contributed by atoms with Crippen LogP contribution in [0.15, 0.2) is 28.7 Å². The van der Waals surface area contributed by atoms with Gasteiger partial charge in [-0.25, -0.2) is 0 Å². The van der Waals surface area contributed by atoms with Gasteiger partial charge in [-0.2, -0.15) is 0 Å².